The van der Waals surface area contributed by atoms with Gasteiger partial charge in [-0.1, -0.05) is 31.5 Å². The Hall–Kier alpha value is -2.62. The molecule has 8 nitrogen and oxygen atoms in total. The van der Waals surface area contributed by atoms with Crippen molar-refractivity contribution < 1.29 is 23.1 Å². The Balaban J connectivity index is 1.93. The van der Waals surface area contributed by atoms with E-state index in [2.05, 4.69) is 10.6 Å². The zero-order chi connectivity index (χ0) is 23.0. The number of nitrogens with one attached hydrogen (secondary N) is 2. The van der Waals surface area contributed by atoms with Gasteiger partial charge in [-0.3, -0.25) is 9.59 Å². The Labute approximate surface area is 187 Å². The minimum Gasteiger partial charge on any atom is -0.508 e. The van der Waals surface area contributed by atoms with Gasteiger partial charge in [0.25, 0.3) is 11.8 Å². The van der Waals surface area contributed by atoms with Crippen LogP contribution in [0.2, 0.25) is 5.02 Å². The summed E-state index contributed by atoms with van der Waals surface area (Å²) in [6.45, 7) is 4.67. The van der Waals surface area contributed by atoms with Crippen molar-refractivity contribution in [2.45, 2.75) is 25.2 Å². The smallest absolute Gasteiger partial charge is 0.252 e. The van der Waals surface area contributed by atoms with Crippen LogP contribution in [0.25, 0.3) is 0 Å². The van der Waals surface area contributed by atoms with Gasteiger partial charge in [-0.15, -0.1) is 0 Å². The maximum atomic E-state index is 12.7. The van der Waals surface area contributed by atoms with Crippen LogP contribution >= 0.6 is 11.6 Å². The average Bonchev–Trinajstić information content (AvgIpc) is 2.74. The van der Waals surface area contributed by atoms with Gasteiger partial charge in [0.2, 0.25) is 10.0 Å². The second-order valence-electron chi connectivity index (χ2n) is 6.65. The first-order valence-corrected chi connectivity index (χ1v) is 11.7. The Morgan fingerprint density at radius 2 is 1.65 bits per heavy atom. The van der Waals surface area contributed by atoms with Gasteiger partial charge in [-0.05, 0) is 42.8 Å². The molecule has 0 aliphatic carbocycles. The molecule has 2 aromatic rings. The summed E-state index contributed by atoms with van der Waals surface area (Å²) in [5, 5.41) is 14.9. The lowest BCUT2D eigenvalue weighted by Gasteiger charge is -2.19. The van der Waals surface area contributed by atoms with E-state index in [9.17, 15) is 23.1 Å². The summed E-state index contributed by atoms with van der Waals surface area (Å²) in [5.41, 5.74) is 0.403. The fraction of sp³-hybridized carbons (Fsp3) is 0.333. The van der Waals surface area contributed by atoms with E-state index < -0.39 is 15.9 Å². The molecule has 0 saturated carbocycles. The fourth-order valence-electron chi connectivity index (χ4n) is 2.89. The van der Waals surface area contributed by atoms with Crippen molar-refractivity contribution in [1.29, 1.82) is 0 Å². The molecule has 0 heterocycles. The summed E-state index contributed by atoms with van der Waals surface area (Å²) in [4.78, 5) is 24.5. The van der Waals surface area contributed by atoms with Gasteiger partial charge in [0.15, 0.2) is 0 Å². The SMILES string of the molecule is CCN(CC)S(=O)(=O)c1ccc(Cl)c(C(=O)NCCCNC(=O)c2cccc(O)c2)c1. The zero-order valence-electron chi connectivity index (χ0n) is 17.4. The van der Waals surface area contributed by atoms with Crippen LogP contribution in [-0.2, 0) is 10.0 Å². The number of hydrogen-bond acceptors (Lipinski definition) is 5. The highest BCUT2D eigenvalue weighted by molar-refractivity contribution is 7.89. The third-order valence-corrected chi connectivity index (χ3v) is 6.93. The van der Waals surface area contributed by atoms with Crippen LogP contribution in [0.3, 0.4) is 0 Å². The third-order valence-electron chi connectivity index (χ3n) is 4.56. The lowest BCUT2D eigenvalue weighted by Crippen LogP contribution is -2.31. The summed E-state index contributed by atoms with van der Waals surface area (Å²) in [7, 11) is -3.71. The number of carbonyl (C=O) groups is 2. The topological polar surface area (TPSA) is 116 Å². The Morgan fingerprint density at radius 1 is 1.00 bits per heavy atom. The summed E-state index contributed by atoms with van der Waals surface area (Å²) in [6.07, 6.45) is 0.450. The molecule has 0 fully saturated rings. The largest absolute Gasteiger partial charge is 0.508 e. The maximum Gasteiger partial charge on any atom is 0.252 e. The molecule has 2 aromatic carbocycles. The summed E-state index contributed by atoms with van der Waals surface area (Å²) < 4.78 is 26.7. The Bertz CT molecular complexity index is 1040. The molecule has 2 amide bonds. The van der Waals surface area contributed by atoms with E-state index in [1.54, 1.807) is 26.0 Å². The Kier molecular flexibility index (Phi) is 8.85. The lowest BCUT2D eigenvalue weighted by molar-refractivity contribution is 0.0951. The molecule has 168 valence electrons. The molecule has 0 bridgehead atoms. The van der Waals surface area contributed by atoms with Crippen molar-refractivity contribution in [3.05, 3.63) is 58.6 Å². The van der Waals surface area contributed by atoms with Gasteiger partial charge >= 0.3 is 0 Å². The number of benzene rings is 2. The molecule has 0 radical (unpaired) electrons. The molecule has 2 rings (SSSR count). The number of rotatable bonds is 10. The quantitative estimate of drug-likeness (QED) is 0.464. The molecular weight excluding hydrogens is 442 g/mol. The third kappa shape index (κ3) is 6.43. The molecule has 0 aromatic heterocycles. The number of aromatic hydroxyl groups is 1. The molecule has 0 saturated heterocycles. The van der Waals surface area contributed by atoms with E-state index >= 15 is 0 Å². The Morgan fingerprint density at radius 3 is 2.26 bits per heavy atom. The normalized spacial score (nSPS) is 11.4. The lowest BCUT2D eigenvalue weighted by atomic mass is 10.2. The number of carbonyl (C=O) groups excluding carboxylic acids is 2. The number of amides is 2. The minimum atomic E-state index is -3.71. The standard InChI is InChI=1S/C21H26ClN3O5S/c1-3-25(4-2)31(29,30)17-9-10-19(22)18(14-17)21(28)24-12-6-11-23-20(27)15-7-5-8-16(26)13-15/h5,7-10,13-14,26H,3-4,6,11-12H2,1-2H3,(H,23,27)(H,24,28). The van der Waals surface area contributed by atoms with E-state index in [0.29, 0.717) is 31.6 Å². The molecule has 10 heteroatoms. The number of phenolic OH excluding ortho intramolecular Hbond substituents is 1. The molecule has 0 spiro atoms. The van der Waals surface area contributed by atoms with Crippen LogP contribution in [0, 0.1) is 0 Å². The monoisotopic (exact) mass is 467 g/mol. The van der Waals surface area contributed by atoms with Crippen LogP contribution in [0.5, 0.6) is 5.75 Å². The maximum absolute atomic E-state index is 12.7. The van der Waals surface area contributed by atoms with Gasteiger partial charge in [0.1, 0.15) is 5.75 Å². The molecule has 0 aliphatic rings. The first-order chi connectivity index (χ1) is 14.7. The van der Waals surface area contributed by atoms with E-state index in [1.165, 1.54) is 34.6 Å². The number of sulfonamides is 1. The zero-order valence-corrected chi connectivity index (χ0v) is 19.0. The highest BCUT2D eigenvalue weighted by Crippen LogP contribution is 2.23. The number of halogens is 1. The first kappa shape index (κ1) is 24.6. The highest BCUT2D eigenvalue weighted by Gasteiger charge is 2.23. The van der Waals surface area contributed by atoms with Gasteiger partial charge < -0.3 is 15.7 Å². The molecule has 0 unspecified atom stereocenters. The number of nitrogens with zero attached hydrogens (tertiary/aromatic N) is 1. The predicted octanol–water partition coefficient (Wildman–Crippen LogP) is 2.63. The van der Waals surface area contributed by atoms with Crippen molar-refractivity contribution in [2.75, 3.05) is 26.2 Å². The fourth-order valence-corrected chi connectivity index (χ4v) is 4.58. The van der Waals surface area contributed by atoms with Crippen molar-refractivity contribution in [3.8, 4) is 5.75 Å². The molecular formula is C21H26ClN3O5S. The second-order valence-corrected chi connectivity index (χ2v) is 8.99. The molecule has 3 N–H and O–H groups in total. The summed E-state index contributed by atoms with van der Waals surface area (Å²) in [5.74, 6) is -0.831. The molecule has 0 aliphatic heterocycles. The van der Waals surface area contributed by atoms with Crippen LogP contribution < -0.4 is 10.6 Å². The molecule has 31 heavy (non-hydrogen) atoms. The van der Waals surface area contributed by atoms with Crippen LogP contribution in [0.4, 0.5) is 0 Å². The molecule has 0 atom stereocenters. The van der Waals surface area contributed by atoms with Crippen LogP contribution in [0.15, 0.2) is 47.4 Å². The van der Waals surface area contributed by atoms with Gasteiger partial charge in [-0.2, -0.15) is 4.31 Å². The van der Waals surface area contributed by atoms with Crippen molar-refractivity contribution in [2.24, 2.45) is 0 Å². The van der Waals surface area contributed by atoms with Gasteiger partial charge in [0, 0.05) is 31.7 Å². The predicted molar refractivity (Wildman–Crippen MR) is 119 cm³/mol. The van der Waals surface area contributed by atoms with E-state index in [0.717, 1.165) is 0 Å². The van der Waals surface area contributed by atoms with E-state index in [-0.39, 0.29) is 33.7 Å². The second kappa shape index (κ2) is 11.1. The summed E-state index contributed by atoms with van der Waals surface area (Å²) in [6, 6.07) is 10.0. The highest BCUT2D eigenvalue weighted by atomic mass is 35.5. The van der Waals surface area contributed by atoms with Crippen molar-refractivity contribution in [1.82, 2.24) is 14.9 Å². The first-order valence-electron chi connectivity index (χ1n) is 9.85. The van der Waals surface area contributed by atoms with Gasteiger partial charge in [0.05, 0.1) is 15.5 Å². The van der Waals surface area contributed by atoms with Crippen LogP contribution in [-0.4, -0.2) is 55.8 Å². The van der Waals surface area contributed by atoms with Crippen molar-refractivity contribution in [3.63, 3.8) is 0 Å². The van der Waals surface area contributed by atoms with Crippen molar-refractivity contribution >= 4 is 33.4 Å². The van der Waals surface area contributed by atoms with E-state index in [1.807, 2.05) is 0 Å². The number of hydrogen-bond donors (Lipinski definition) is 3. The average molecular weight is 468 g/mol. The van der Waals surface area contributed by atoms with Gasteiger partial charge in [-0.25, -0.2) is 8.42 Å². The van der Waals surface area contributed by atoms with E-state index in [4.69, 9.17) is 11.6 Å². The number of phenols is 1. The summed E-state index contributed by atoms with van der Waals surface area (Å²) >= 11 is 6.10. The van der Waals surface area contributed by atoms with Crippen LogP contribution in [0.1, 0.15) is 41.0 Å². The minimum absolute atomic E-state index is 0.00188.